The Bertz CT molecular complexity index is 966. The summed E-state index contributed by atoms with van der Waals surface area (Å²) in [6, 6.07) is 0. The Morgan fingerprint density at radius 1 is 0.328 bits per heavy atom. The van der Waals surface area contributed by atoms with Crippen LogP contribution in [-0.4, -0.2) is 12.7 Å². The number of allylic oxidation sites excluding steroid dienone is 6. The molecule has 0 rings (SSSR count). The molecule has 3 nitrogen and oxygen atoms in total. The Labute approximate surface area is 386 Å². The van der Waals surface area contributed by atoms with Crippen LogP contribution in [0.2, 0.25) is 9.45 Å². The summed E-state index contributed by atoms with van der Waals surface area (Å²) in [5.74, 6) is 0. The van der Waals surface area contributed by atoms with Gasteiger partial charge >= 0.3 is 265 Å². The van der Waals surface area contributed by atoms with Gasteiger partial charge in [0.05, 0.1) is 0 Å². The summed E-state index contributed by atoms with van der Waals surface area (Å²) in [6.45, 7) is 11.6. The van der Waals surface area contributed by atoms with Crippen LogP contribution in [0.3, 0.4) is 0 Å². The Kier molecular flexibility index (Phi) is 47.3. The van der Waals surface area contributed by atoms with E-state index in [2.05, 4.69) is 71.1 Å². The minimum atomic E-state index is -4.82. The second kappa shape index (κ2) is 47.6. The molecule has 0 fully saturated rings. The van der Waals surface area contributed by atoms with E-state index in [4.69, 9.17) is 6.64 Å². The number of hydrogen-bond acceptors (Lipinski definition) is 3. The van der Waals surface area contributed by atoms with E-state index in [1.807, 2.05) is 0 Å². The summed E-state index contributed by atoms with van der Waals surface area (Å²) in [4.78, 5) is 0. The first-order valence-electron chi connectivity index (χ1n) is 28.1. The molecule has 61 heavy (non-hydrogen) atoms. The fourth-order valence-corrected chi connectivity index (χ4v) is 15.8. The number of unbranched alkanes of at least 4 members (excludes halogenated alkanes) is 36. The quantitative estimate of drug-likeness (QED) is 0.0347. The standard InChI is InChI=1S/C18H35O.2C18H35.C3H7O.O.Ti/c1-2-3-4-5-6-7-8-9-10-11-12-13-14-15-16-17-18-19;2*1-3-5-7-9-11-13-15-17-18-16-14-12-10-8-6-4-2;1-3(2)4;;/h9-10H,2-8,11-18H2,1H3;2*17-18H,1,3-16H2,2H3;3H,1-2H3;;/q-1;;;-1;;+2/b10-9-;2*18-17-;;;. The van der Waals surface area contributed by atoms with Gasteiger partial charge in [0.2, 0.25) is 0 Å². The third-order valence-corrected chi connectivity index (χ3v) is 19.9. The van der Waals surface area contributed by atoms with Crippen molar-refractivity contribution in [3.63, 3.8) is 0 Å². The zero-order valence-electron chi connectivity index (χ0n) is 42.6. The van der Waals surface area contributed by atoms with Crippen molar-refractivity contribution in [2.24, 2.45) is 0 Å². The van der Waals surface area contributed by atoms with Gasteiger partial charge < -0.3 is 0 Å². The fraction of sp³-hybridized carbons (Fsp3) is 0.895. The van der Waals surface area contributed by atoms with Crippen molar-refractivity contribution in [1.29, 1.82) is 0 Å². The minimum absolute atomic E-state index is 0.0578. The first-order chi connectivity index (χ1) is 29.9. The van der Waals surface area contributed by atoms with Gasteiger partial charge in [-0.15, -0.1) is 0 Å². The van der Waals surface area contributed by atoms with Crippen molar-refractivity contribution >= 4 is 0 Å². The van der Waals surface area contributed by atoms with Crippen LogP contribution in [0, 0.1) is 0 Å². The number of hydrogen-bond donors (Lipinski definition) is 0. The van der Waals surface area contributed by atoms with Gasteiger partial charge in [-0.2, -0.15) is 0 Å². The van der Waals surface area contributed by atoms with E-state index in [1.54, 1.807) is 0 Å². The van der Waals surface area contributed by atoms with Crippen molar-refractivity contribution in [2.45, 2.75) is 320 Å². The van der Waals surface area contributed by atoms with Gasteiger partial charge in [-0.3, -0.25) is 0 Å². The van der Waals surface area contributed by atoms with Gasteiger partial charge in [0.25, 0.3) is 0 Å². The normalized spacial score (nSPS) is 12.8. The van der Waals surface area contributed by atoms with Gasteiger partial charge in [-0.1, -0.05) is 117 Å². The summed E-state index contributed by atoms with van der Waals surface area (Å²) in [5.41, 5.74) is 0. The molecule has 0 atom stereocenters. The van der Waals surface area contributed by atoms with Crippen LogP contribution in [-0.2, 0) is 26.0 Å². The van der Waals surface area contributed by atoms with Crippen molar-refractivity contribution < 1.29 is 26.0 Å². The predicted octanol–water partition coefficient (Wildman–Crippen LogP) is 21.2. The molecule has 0 heterocycles. The van der Waals surface area contributed by atoms with E-state index < -0.39 is 16.1 Å². The number of rotatable bonds is 51. The predicted molar refractivity (Wildman–Crippen MR) is 271 cm³/mol. The van der Waals surface area contributed by atoms with E-state index in [0.29, 0.717) is 16.1 Å². The zero-order valence-corrected chi connectivity index (χ0v) is 44.1. The second-order valence-corrected chi connectivity index (χ2v) is 26.3. The third kappa shape index (κ3) is 44.6. The zero-order chi connectivity index (χ0) is 44.5. The SMILES string of the molecule is CCCCCCCC/C=C\CCCCCCCC[O][Ti](=[O])([CH2]CCCCCCC/C=C\CCCCCCCC)([CH2]CCCCCCC/C=C\CCCCCCCC)[O]C(C)C. The molecule has 0 amide bonds. The van der Waals surface area contributed by atoms with Crippen molar-refractivity contribution in [3.8, 4) is 0 Å². The van der Waals surface area contributed by atoms with Crippen molar-refractivity contribution in [2.75, 3.05) is 6.61 Å². The molecule has 0 aliphatic rings. The fourth-order valence-electron chi connectivity index (χ4n) is 9.02. The first kappa shape index (κ1) is 60.7. The van der Waals surface area contributed by atoms with Gasteiger partial charge in [-0.25, -0.2) is 0 Å². The van der Waals surface area contributed by atoms with Gasteiger partial charge in [0.1, 0.15) is 0 Å². The van der Waals surface area contributed by atoms with Crippen LogP contribution in [0.15, 0.2) is 36.5 Å². The van der Waals surface area contributed by atoms with Gasteiger partial charge in [0.15, 0.2) is 0 Å². The molecule has 4 heteroatoms. The van der Waals surface area contributed by atoms with Crippen molar-refractivity contribution in [3.05, 3.63) is 36.5 Å². The van der Waals surface area contributed by atoms with E-state index >= 15 is 3.32 Å². The van der Waals surface area contributed by atoms with E-state index in [9.17, 15) is 0 Å². The molecule has 0 aromatic rings. The van der Waals surface area contributed by atoms with Crippen LogP contribution < -0.4 is 0 Å². The second-order valence-electron chi connectivity index (χ2n) is 19.7. The molecule has 0 unspecified atom stereocenters. The van der Waals surface area contributed by atoms with Crippen LogP contribution in [0.4, 0.5) is 0 Å². The third-order valence-electron chi connectivity index (χ3n) is 12.9. The van der Waals surface area contributed by atoms with E-state index in [-0.39, 0.29) is 6.10 Å². The Hall–Kier alpha value is -0.346. The summed E-state index contributed by atoms with van der Waals surface area (Å²) in [7, 11) is 0. The molecule has 0 saturated carbocycles. The molecule has 0 saturated heterocycles. The molecular formula is C57H112O3Ti. The summed E-state index contributed by atoms with van der Waals surface area (Å²) in [6.07, 6.45) is 68.6. The van der Waals surface area contributed by atoms with E-state index in [1.165, 1.54) is 238 Å². The average molecular weight is 893 g/mol. The van der Waals surface area contributed by atoms with Crippen LogP contribution in [0.1, 0.15) is 304 Å². The molecule has 0 radical (unpaired) electrons. The molecule has 0 N–H and O–H groups in total. The topological polar surface area (TPSA) is 35.5 Å². The average Bonchev–Trinajstić information content (AvgIpc) is 3.24. The van der Waals surface area contributed by atoms with Crippen LogP contribution in [0.5, 0.6) is 0 Å². The molecule has 0 spiro atoms. The Morgan fingerprint density at radius 2 is 0.557 bits per heavy atom. The maximum absolute atomic E-state index is 15.3. The van der Waals surface area contributed by atoms with Crippen LogP contribution in [0.25, 0.3) is 0 Å². The molecule has 0 aliphatic heterocycles. The van der Waals surface area contributed by atoms with Crippen LogP contribution >= 0.6 is 0 Å². The molecule has 0 aliphatic carbocycles. The molecule has 0 aromatic carbocycles. The molecule has 0 bridgehead atoms. The van der Waals surface area contributed by atoms with Gasteiger partial charge in [-0.05, 0) is 6.42 Å². The summed E-state index contributed by atoms with van der Waals surface area (Å²) < 4.78 is 29.9. The Morgan fingerprint density at radius 3 is 0.820 bits per heavy atom. The molecular weight excluding hydrogens is 780 g/mol. The summed E-state index contributed by atoms with van der Waals surface area (Å²) in [5, 5.41) is 0. The molecule has 0 aromatic heterocycles. The van der Waals surface area contributed by atoms with Crippen molar-refractivity contribution in [1.82, 2.24) is 0 Å². The first-order valence-corrected chi connectivity index (χ1v) is 32.2. The van der Waals surface area contributed by atoms with Gasteiger partial charge in [0, 0.05) is 0 Å². The van der Waals surface area contributed by atoms with E-state index in [0.717, 1.165) is 32.1 Å². The molecule has 362 valence electrons. The Balaban J connectivity index is 4.67. The monoisotopic (exact) mass is 893 g/mol. The summed E-state index contributed by atoms with van der Waals surface area (Å²) >= 11 is -4.82. The maximum atomic E-state index is 15.3.